The summed E-state index contributed by atoms with van der Waals surface area (Å²) < 4.78 is 7.19. The maximum absolute atomic E-state index is 10.8. The number of halogens is 3. The molecule has 0 saturated heterocycles. The van der Waals surface area contributed by atoms with Gasteiger partial charge < -0.3 is 15.6 Å². The molecule has 0 heterocycles. The van der Waals surface area contributed by atoms with Gasteiger partial charge in [0.2, 0.25) is 0 Å². The van der Waals surface area contributed by atoms with E-state index in [9.17, 15) is 4.79 Å². The van der Waals surface area contributed by atoms with Crippen LogP contribution in [0.3, 0.4) is 0 Å². The van der Waals surface area contributed by atoms with Crippen LogP contribution in [0.25, 0.3) is 0 Å². The number of aliphatic carboxylic acids is 1. The van der Waals surface area contributed by atoms with E-state index in [0.29, 0.717) is 31.9 Å². The number of hydrogen-bond acceptors (Lipinski definition) is 3. The first kappa shape index (κ1) is 18.3. The minimum absolute atomic E-state index is 0.140. The largest absolute Gasteiger partial charge is 0.486 e. The van der Waals surface area contributed by atoms with Crippen molar-refractivity contribution in [3.63, 3.8) is 0 Å². The van der Waals surface area contributed by atoms with Crippen molar-refractivity contribution in [2.75, 3.05) is 0 Å². The average molecular weight is 464 g/mol. The lowest BCUT2D eigenvalue weighted by Gasteiger charge is -2.15. The van der Waals surface area contributed by atoms with Crippen LogP contribution in [-0.2, 0) is 11.4 Å². The lowest BCUT2D eigenvalue weighted by Crippen LogP contribution is -2.15. The average Bonchev–Trinajstić information content (AvgIpc) is 2.47. The Balaban J connectivity index is 2.17. The lowest BCUT2D eigenvalue weighted by molar-refractivity contribution is -0.137. The maximum Gasteiger partial charge on any atom is 0.305 e. The summed E-state index contributed by atoms with van der Waals surface area (Å²) >= 11 is 13.0. The third-order valence-electron chi connectivity index (χ3n) is 3.17. The van der Waals surface area contributed by atoms with Crippen molar-refractivity contribution < 1.29 is 14.6 Å². The molecule has 0 radical (unpaired) electrons. The molecule has 2 aromatic carbocycles. The van der Waals surface area contributed by atoms with E-state index in [4.69, 9.17) is 27.2 Å². The first-order valence-corrected chi connectivity index (χ1v) is 8.67. The molecular formula is C16H14Br2ClNO3. The van der Waals surface area contributed by atoms with Gasteiger partial charge in [0.05, 0.1) is 15.4 Å². The van der Waals surface area contributed by atoms with E-state index in [2.05, 4.69) is 31.9 Å². The molecule has 23 heavy (non-hydrogen) atoms. The molecule has 0 aliphatic rings. The number of hydrogen-bond donors (Lipinski definition) is 2. The fraction of sp³-hybridized carbons (Fsp3) is 0.188. The summed E-state index contributed by atoms with van der Waals surface area (Å²) in [6.45, 7) is 0.317. The molecule has 1 unspecified atom stereocenters. The topological polar surface area (TPSA) is 72.6 Å². The van der Waals surface area contributed by atoms with Crippen LogP contribution in [0.2, 0.25) is 5.02 Å². The van der Waals surface area contributed by atoms with E-state index in [0.717, 1.165) is 5.56 Å². The molecule has 2 rings (SSSR count). The second kappa shape index (κ2) is 8.15. The van der Waals surface area contributed by atoms with Crippen LogP contribution in [-0.4, -0.2) is 11.1 Å². The highest BCUT2D eigenvalue weighted by atomic mass is 79.9. The van der Waals surface area contributed by atoms with Gasteiger partial charge in [0.25, 0.3) is 0 Å². The summed E-state index contributed by atoms with van der Waals surface area (Å²) in [4.78, 5) is 10.8. The fourth-order valence-corrected chi connectivity index (χ4v) is 3.64. The van der Waals surface area contributed by atoms with Crippen LogP contribution in [0.4, 0.5) is 0 Å². The van der Waals surface area contributed by atoms with E-state index in [1.807, 2.05) is 18.2 Å². The molecule has 1 atom stereocenters. The Hall–Kier alpha value is -1.08. The van der Waals surface area contributed by atoms with Gasteiger partial charge in [-0.2, -0.15) is 0 Å². The quantitative estimate of drug-likeness (QED) is 0.638. The van der Waals surface area contributed by atoms with Gasteiger partial charge in [-0.05, 0) is 55.6 Å². The summed E-state index contributed by atoms with van der Waals surface area (Å²) in [7, 11) is 0. The van der Waals surface area contributed by atoms with E-state index < -0.39 is 12.0 Å². The molecule has 0 aromatic heterocycles. The normalized spacial score (nSPS) is 12.0. The molecule has 0 aliphatic heterocycles. The van der Waals surface area contributed by atoms with Crippen LogP contribution in [0.1, 0.15) is 23.6 Å². The first-order chi connectivity index (χ1) is 10.9. The van der Waals surface area contributed by atoms with E-state index in [-0.39, 0.29) is 6.42 Å². The highest BCUT2D eigenvalue weighted by molar-refractivity contribution is 9.11. The molecule has 0 aliphatic carbocycles. The van der Waals surface area contributed by atoms with Gasteiger partial charge in [0.15, 0.2) is 0 Å². The van der Waals surface area contributed by atoms with Gasteiger partial charge >= 0.3 is 5.97 Å². The monoisotopic (exact) mass is 461 g/mol. The SMILES string of the molecule is NC(CC(=O)O)c1cc(Br)c(OCc2ccccc2Cl)c(Br)c1. The summed E-state index contributed by atoms with van der Waals surface area (Å²) in [5.74, 6) is -0.333. The Bertz CT molecular complexity index is 701. The highest BCUT2D eigenvalue weighted by Crippen LogP contribution is 2.37. The number of ether oxygens (including phenoxy) is 1. The minimum atomic E-state index is -0.941. The Morgan fingerprint density at radius 2 is 1.87 bits per heavy atom. The zero-order valence-electron chi connectivity index (χ0n) is 11.9. The fourth-order valence-electron chi connectivity index (χ4n) is 2.00. The van der Waals surface area contributed by atoms with Crippen molar-refractivity contribution in [3.8, 4) is 5.75 Å². The molecule has 2 aromatic rings. The van der Waals surface area contributed by atoms with Crippen LogP contribution in [0.5, 0.6) is 5.75 Å². The third-order valence-corrected chi connectivity index (χ3v) is 4.72. The molecule has 4 nitrogen and oxygen atoms in total. The Kier molecular flexibility index (Phi) is 6.47. The molecule has 7 heteroatoms. The number of nitrogens with two attached hydrogens (primary N) is 1. The molecule has 0 spiro atoms. The van der Waals surface area contributed by atoms with Crippen molar-refractivity contribution in [2.24, 2.45) is 5.73 Å². The van der Waals surface area contributed by atoms with Gasteiger partial charge in [0, 0.05) is 16.6 Å². The lowest BCUT2D eigenvalue weighted by atomic mass is 10.0. The van der Waals surface area contributed by atoms with Gasteiger partial charge in [-0.1, -0.05) is 29.8 Å². The first-order valence-electron chi connectivity index (χ1n) is 6.71. The predicted octanol–water partition coefficient (Wildman–Crippen LogP) is 4.92. The van der Waals surface area contributed by atoms with Crippen molar-refractivity contribution >= 4 is 49.4 Å². The smallest absolute Gasteiger partial charge is 0.305 e. The van der Waals surface area contributed by atoms with Gasteiger partial charge in [-0.25, -0.2) is 0 Å². The molecule has 0 amide bonds. The molecule has 0 saturated carbocycles. The van der Waals surface area contributed by atoms with Crippen molar-refractivity contribution in [2.45, 2.75) is 19.1 Å². The maximum atomic E-state index is 10.8. The summed E-state index contributed by atoms with van der Waals surface area (Å²) in [5.41, 5.74) is 7.47. The van der Waals surface area contributed by atoms with Gasteiger partial charge in [-0.15, -0.1) is 0 Å². The third kappa shape index (κ3) is 4.94. The Morgan fingerprint density at radius 3 is 2.43 bits per heavy atom. The number of carboxylic acids is 1. The predicted molar refractivity (Wildman–Crippen MR) is 96.8 cm³/mol. The standard InChI is InChI=1S/C16H14Br2ClNO3/c17-11-5-10(14(20)7-15(21)22)6-12(18)16(11)23-8-9-3-1-2-4-13(9)19/h1-6,14H,7-8,20H2,(H,21,22). The number of rotatable bonds is 6. The minimum Gasteiger partial charge on any atom is -0.486 e. The molecule has 0 bridgehead atoms. The van der Waals surface area contributed by atoms with Crippen LogP contribution < -0.4 is 10.5 Å². The molecular weight excluding hydrogens is 449 g/mol. The molecule has 122 valence electrons. The highest BCUT2D eigenvalue weighted by Gasteiger charge is 2.16. The van der Waals surface area contributed by atoms with Crippen molar-refractivity contribution in [1.82, 2.24) is 0 Å². The summed E-state index contributed by atoms with van der Waals surface area (Å²) in [5, 5.41) is 9.47. The second-order valence-electron chi connectivity index (χ2n) is 4.90. The van der Waals surface area contributed by atoms with Crippen molar-refractivity contribution in [3.05, 3.63) is 61.5 Å². The van der Waals surface area contributed by atoms with E-state index in [1.165, 1.54) is 0 Å². The van der Waals surface area contributed by atoms with Crippen LogP contribution >= 0.6 is 43.5 Å². The zero-order valence-corrected chi connectivity index (χ0v) is 15.9. The molecule has 3 N–H and O–H groups in total. The van der Waals surface area contributed by atoms with E-state index in [1.54, 1.807) is 18.2 Å². The summed E-state index contributed by atoms with van der Waals surface area (Å²) in [6.07, 6.45) is -0.140. The van der Waals surface area contributed by atoms with Crippen molar-refractivity contribution in [1.29, 1.82) is 0 Å². The van der Waals surface area contributed by atoms with Crippen LogP contribution in [0.15, 0.2) is 45.3 Å². The number of benzene rings is 2. The zero-order chi connectivity index (χ0) is 17.0. The number of carbonyl (C=O) groups is 1. The number of carboxylic acid groups (broad SMARTS) is 1. The summed E-state index contributed by atoms with van der Waals surface area (Å²) in [6, 6.07) is 10.4. The van der Waals surface area contributed by atoms with E-state index >= 15 is 0 Å². The Morgan fingerprint density at radius 1 is 1.26 bits per heavy atom. The second-order valence-corrected chi connectivity index (χ2v) is 7.01. The Labute approximate surface area is 155 Å². The van der Waals surface area contributed by atoms with Gasteiger partial charge in [-0.3, -0.25) is 4.79 Å². The molecule has 0 fully saturated rings. The van der Waals surface area contributed by atoms with Crippen LogP contribution in [0, 0.1) is 0 Å². The van der Waals surface area contributed by atoms with Gasteiger partial charge in [0.1, 0.15) is 12.4 Å².